The molecule has 1 atom stereocenters. The van der Waals surface area contributed by atoms with Crippen molar-refractivity contribution in [3.63, 3.8) is 0 Å². The first-order valence-electron chi connectivity index (χ1n) is 10.3. The lowest BCUT2D eigenvalue weighted by Gasteiger charge is -2.26. The Labute approximate surface area is 201 Å². The molecule has 8 nitrogen and oxygen atoms in total. The van der Waals surface area contributed by atoms with E-state index in [0.29, 0.717) is 28.0 Å². The molecular formula is C24H17F2N3O5S. The van der Waals surface area contributed by atoms with E-state index in [1.165, 1.54) is 31.4 Å². The molecule has 1 unspecified atom stereocenters. The van der Waals surface area contributed by atoms with E-state index in [1.807, 2.05) is 0 Å². The summed E-state index contributed by atoms with van der Waals surface area (Å²) in [6, 6.07) is 13.8. The molecule has 3 heterocycles. The highest BCUT2D eigenvalue weighted by molar-refractivity contribution is 7.00. The molecule has 1 aliphatic heterocycles. The largest absolute Gasteiger partial charge is 0.481 e. The topological polar surface area (TPSA) is 104 Å². The Hall–Kier alpha value is -3.96. The van der Waals surface area contributed by atoms with Crippen molar-refractivity contribution >= 4 is 34.3 Å². The van der Waals surface area contributed by atoms with Gasteiger partial charge < -0.3 is 19.3 Å². The zero-order chi connectivity index (χ0) is 24.6. The number of carbonyl (C=O) groups is 1. The van der Waals surface area contributed by atoms with Gasteiger partial charge in [0.15, 0.2) is 0 Å². The van der Waals surface area contributed by atoms with Crippen LogP contribution in [0.4, 0.5) is 8.78 Å². The Morgan fingerprint density at radius 1 is 1.09 bits per heavy atom. The maximum Gasteiger partial charge on any atom is 0.387 e. The van der Waals surface area contributed by atoms with Crippen LogP contribution in [-0.2, 0) is 21.7 Å². The number of alkyl halides is 2. The van der Waals surface area contributed by atoms with Gasteiger partial charge in [-0.1, -0.05) is 6.07 Å². The minimum atomic E-state index is -2.99. The van der Waals surface area contributed by atoms with Crippen molar-refractivity contribution in [1.82, 2.24) is 13.7 Å². The number of esters is 1. The van der Waals surface area contributed by atoms with Crippen LogP contribution in [0, 0.1) is 0 Å². The fraction of sp³-hybridized carbons (Fsp3) is 0.167. The van der Waals surface area contributed by atoms with Gasteiger partial charge in [0.2, 0.25) is 5.88 Å². The molecule has 178 valence electrons. The van der Waals surface area contributed by atoms with Crippen LogP contribution in [0.2, 0.25) is 0 Å². The number of nitrogens with zero attached hydrogens (tertiary/aromatic N) is 3. The minimum absolute atomic E-state index is 0.0946. The average Bonchev–Trinajstić information content (AvgIpc) is 3.41. The maximum absolute atomic E-state index is 13.1. The number of methoxy groups -OCH3 is 1. The summed E-state index contributed by atoms with van der Waals surface area (Å²) in [6.45, 7) is -2.99. The second-order valence-corrected chi connectivity index (χ2v) is 8.17. The van der Waals surface area contributed by atoms with Gasteiger partial charge in [0.25, 0.3) is 5.79 Å². The SMILES string of the molecule is COc1cc(CC2=C(c3ccc4nsnc4c3)C(=O)OC2(O)c2ccc(OC(F)F)cc2)ccn1. The predicted molar refractivity (Wildman–Crippen MR) is 122 cm³/mol. The maximum atomic E-state index is 13.1. The molecule has 11 heteroatoms. The summed E-state index contributed by atoms with van der Waals surface area (Å²) in [7, 11) is 1.48. The van der Waals surface area contributed by atoms with Gasteiger partial charge in [0.05, 0.1) is 24.4 Å². The third-order valence-corrected chi connectivity index (χ3v) is 6.11. The van der Waals surface area contributed by atoms with Gasteiger partial charge in [-0.05, 0) is 53.6 Å². The van der Waals surface area contributed by atoms with E-state index in [4.69, 9.17) is 9.47 Å². The molecule has 0 fully saturated rings. The van der Waals surface area contributed by atoms with Gasteiger partial charge in [-0.3, -0.25) is 0 Å². The normalized spacial score (nSPS) is 17.8. The van der Waals surface area contributed by atoms with E-state index < -0.39 is 18.4 Å². The summed E-state index contributed by atoms with van der Waals surface area (Å²) in [5, 5.41) is 11.7. The lowest BCUT2D eigenvalue weighted by Crippen LogP contribution is -2.29. The highest BCUT2D eigenvalue weighted by Gasteiger charge is 2.48. The first-order chi connectivity index (χ1) is 16.9. The number of cyclic esters (lactones) is 1. The van der Waals surface area contributed by atoms with Gasteiger partial charge in [0, 0.05) is 29.8 Å². The predicted octanol–water partition coefficient (Wildman–Crippen LogP) is 4.09. The Morgan fingerprint density at radius 2 is 1.86 bits per heavy atom. The van der Waals surface area contributed by atoms with Crippen LogP contribution in [0.3, 0.4) is 0 Å². The summed E-state index contributed by atoms with van der Waals surface area (Å²) < 4.78 is 48.7. The van der Waals surface area contributed by atoms with Crippen molar-refractivity contribution in [2.75, 3.05) is 7.11 Å². The van der Waals surface area contributed by atoms with E-state index in [9.17, 15) is 18.7 Å². The van der Waals surface area contributed by atoms with E-state index in [2.05, 4.69) is 18.5 Å². The number of rotatable bonds is 7. The monoisotopic (exact) mass is 497 g/mol. The Kier molecular flexibility index (Phi) is 5.87. The first kappa shape index (κ1) is 22.8. The number of benzene rings is 2. The molecule has 5 rings (SSSR count). The molecule has 2 aromatic heterocycles. The zero-order valence-electron chi connectivity index (χ0n) is 18.1. The number of ether oxygens (including phenoxy) is 3. The van der Waals surface area contributed by atoms with Crippen molar-refractivity contribution in [2.45, 2.75) is 18.8 Å². The Balaban J connectivity index is 1.64. The molecule has 35 heavy (non-hydrogen) atoms. The summed E-state index contributed by atoms with van der Waals surface area (Å²) >= 11 is 1.05. The molecule has 0 saturated carbocycles. The number of pyridine rings is 1. The van der Waals surface area contributed by atoms with Gasteiger partial charge in [-0.2, -0.15) is 17.5 Å². The van der Waals surface area contributed by atoms with Gasteiger partial charge in [-0.25, -0.2) is 9.78 Å². The summed E-state index contributed by atoms with van der Waals surface area (Å²) in [5.41, 5.74) is 3.09. The third-order valence-electron chi connectivity index (χ3n) is 5.56. The van der Waals surface area contributed by atoms with Crippen molar-refractivity contribution in [1.29, 1.82) is 0 Å². The summed E-state index contributed by atoms with van der Waals surface area (Å²) in [4.78, 5) is 17.2. The Morgan fingerprint density at radius 3 is 2.60 bits per heavy atom. The van der Waals surface area contributed by atoms with E-state index in [0.717, 1.165) is 11.7 Å². The summed E-state index contributed by atoms with van der Waals surface area (Å²) in [5.74, 6) is -2.62. The second kappa shape index (κ2) is 9.01. The van der Waals surface area contributed by atoms with E-state index >= 15 is 0 Å². The van der Waals surface area contributed by atoms with Crippen molar-refractivity contribution in [3.05, 3.63) is 83.1 Å². The number of fused-ring (bicyclic) bond motifs is 1. The fourth-order valence-electron chi connectivity index (χ4n) is 3.95. The quantitative estimate of drug-likeness (QED) is 0.381. The fourth-order valence-corrected chi connectivity index (χ4v) is 4.47. The van der Waals surface area contributed by atoms with Gasteiger partial charge in [-0.15, -0.1) is 0 Å². The lowest BCUT2D eigenvalue weighted by atomic mass is 9.88. The van der Waals surface area contributed by atoms with Crippen LogP contribution in [-0.4, -0.2) is 38.5 Å². The molecule has 1 aliphatic rings. The zero-order valence-corrected chi connectivity index (χ0v) is 19.0. The number of aromatic nitrogens is 3. The van der Waals surface area contributed by atoms with Gasteiger partial charge in [0.1, 0.15) is 16.8 Å². The highest BCUT2D eigenvalue weighted by Crippen LogP contribution is 2.45. The molecule has 0 saturated heterocycles. The van der Waals surface area contributed by atoms with Crippen LogP contribution in [0.15, 0.2) is 66.4 Å². The van der Waals surface area contributed by atoms with Crippen LogP contribution in [0.1, 0.15) is 16.7 Å². The molecular weight excluding hydrogens is 480 g/mol. The van der Waals surface area contributed by atoms with E-state index in [1.54, 1.807) is 36.5 Å². The van der Waals surface area contributed by atoms with E-state index in [-0.39, 0.29) is 28.9 Å². The third kappa shape index (κ3) is 4.31. The lowest BCUT2D eigenvalue weighted by molar-refractivity contribution is -0.185. The van der Waals surface area contributed by atoms with Crippen LogP contribution < -0.4 is 9.47 Å². The molecule has 0 aliphatic carbocycles. The van der Waals surface area contributed by atoms with Crippen LogP contribution >= 0.6 is 11.7 Å². The van der Waals surface area contributed by atoms with Crippen LogP contribution in [0.25, 0.3) is 16.6 Å². The van der Waals surface area contributed by atoms with Crippen LogP contribution in [0.5, 0.6) is 11.6 Å². The Bertz CT molecular complexity index is 1440. The highest BCUT2D eigenvalue weighted by atomic mass is 32.1. The number of aliphatic hydroxyl groups is 1. The smallest absolute Gasteiger partial charge is 0.387 e. The average molecular weight is 497 g/mol. The number of hydrogen-bond acceptors (Lipinski definition) is 9. The second-order valence-electron chi connectivity index (χ2n) is 7.64. The molecule has 0 amide bonds. The van der Waals surface area contributed by atoms with Crippen molar-refractivity contribution in [2.24, 2.45) is 0 Å². The molecule has 0 bridgehead atoms. The number of carbonyl (C=O) groups excluding carboxylic acids is 1. The van der Waals surface area contributed by atoms with Crippen molar-refractivity contribution < 1.29 is 32.9 Å². The molecule has 2 aromatic carbocycles. The molecule has 4 aromatic rings. The standard InChI is InChI=1S/C24H17F2N3O5S/c1-32-20-11-13(8-9-27-20)10-17-21(14-2-7-18-19(12-14)29-35-28-18)22(30)34-24(17,31)15-3-5-16(6-4-15)33-23(25)26/h2-9,11-12,23,31H,10H2,1H3. The number of hydrogen-bond donors (Lipinski definition) is 1. The van der Waals surface area contributed by atoms with Crippen molar-refractivity contribution in [3.8, 4) is 11.6 Å². The molecule has 0 radical (unpaired) electrons. The summed E-state index contributed by atoms with van der Waals surface area (Å²) in [6.07, 6.45) is 1.66. The number of halogens is 2. The van der Waals surface area contributed by atoms with Gasteiger partial charge >= 0.3 is 12.6 Å². The first-order valence-corrected chi connectivity index (χ1v) is 11.1. The molecule has 1 N–H and O–H groups in total. The minimum Gasteiger partial charge on any atom is -0.481 e. The molecule has 0 spiro atoms.